The van der Waals surface area contributed by atoms with Crippen LogP contribution < -0.4 is 5.32 Å². The third-order valence-electron chi connectivity index (χ3n) is 2.58. The topological polar surface area (TPSA) is 64.1 Å². The quantitative estimate of drug-likeness (QED) is 0.847. The zero-order chi connectivity index (χ0) is 14.4. The van der Waals surface area contributed by atoms with E-state index in [4.69, 9.17) is 4.74 Å². The number of benzene rings is 1. The molecule has 5 nitrogen and oxygen atoms in total. The predicted molar refractivity (Wildman–Crippen MR) is 76.4 cm³/mol. The molecule has 0 bridgehead atoms. The summed E-state index contributed by atoms with van der Waals surface area (Å²) >= 11 is 0. The molecule has 0 radical (unpaired) electrons. The molecule has 1 aromatic carbocycles. The zero-order valence-electron chi connectivity index (χ0n) is 11.5. The summed E-state index contributed by atoms with van der Waals surface area (Å²) < 4.78 is 5.13. The summed E-state index contributed by atoms with van der Waals surface area (Å²) in [6.07, 6.45) is 3.11. The number of aromatic nitrogens is 2. The van der Waals surface area contributed by atoms with Crippen LogP contribution in [0.25, 0.3) is 0 Å². The molecule has 0 saturated carbocycles. The fraction of sp³-hybridized carbons (Fsp3) is 0.267. The summed E-state index contributed by atoms with van der Waals surface area (Å²) in [4.78, 5) is 19.7. The van der Waals surface area contributed by atoms with Gasteiger partial charge in [-0.05, 0) is 44.2 Å². The van der Waals surface area contributed by atoms with Crippen LogP contribution in [0.4, 0.5) is 5.69 Å². The predicted octanol–water partition coefficient (Wildman–Crippen LogP) is 2.65. The Labute approximate surface area is 118 Å². The summed E-state index contributed by atoms with van der Waals surface area (Å²) in [5, 5.41) is 3.23. The number of hydrogen-bond donors (Lipinski definition) is 1. The maximum absolute atomic E-state index is 11.7. The molecule has 0 aliphatic carbocycles. The number of esters is 1. The molecule has 1 aromatic heterocycles. The SMILES string of the molecule is CC(C)OC(=O)c1ccc(NCc2ccncn2)cc1. The van der Waals surface area contributed by atoms with E-state index in [2.05, 4.69) is 15.3 Å². The van der Waals surface area contributed by atoms with Crippen LogP contribution in [0.15, 0.2) is 42.9 Å². The molecule has 2 rings (SSSR count). The van der Waals surface area contributed by atoms with Crippen LogP contribution in [-0.4, -0.2) is 22.0 Å². The lowest BCUT2D eigenvalue weighted by Gasteiger charge is -2.09. The summed E-state index contributed by atoms with van der Waals surface area (Å²) in [6, 6.07) is 9.03. The monoisotopic (exact) mass is 271 g/mol. The lowest BCUT2D eigenvalue weighted by molar-refractivity contribution is 0.0378. The van der Waals surface area contributed by atoms with E-state index >= 15 is 0 Å². The highest BCUT2D eigenvalue weighted by molar-refractivity contribution is 5.89. The third kappa shape index (κ3) is 4.05. The van der Waals surface area contributed by atoms with Gasteiger partial charge in [-0.25, -0.2) is 14.8 Å². The van der Waals surface area contributed by atoms with Crippen molar-refractivity contribution < 1.29 is 9.53 Å². The van der Waals surface area contributed by atoms with Gasteiger partial charge >= 0.3 is 5.97 Å². The second kappa shape index (κ2) is 6.65. The molecule has 1 heterocycles. The molecular formula is C15H17N3O2. The van der Waals surface area contributed by atoms with Crippen molar-refractivity contribution in [3.63, 3.8) is 0 Å². The Balaban J connectivity index is 1.93. The van der Waals surface area contributed by atoms with Crippen molar-refractivity contribution in [3.8, 4) is 0 Å². The molecule has 1 N–H and O–H groups in total. The molecule has 20 heavy (non-hydrogen) atoms. The van der Waals surface area contributed by atoms with Crippen molar-refractivity contribution in [1.82, 2.24) is 9.97 Å². The molecule has 0 spiro atoms. The molecule has 0 aliphatic heterocycles. The second-order valence-electron chi connectivity index (χ2n) is 4.59. The smallest absolute Gasteiger partial charge is 0.338 e. The first-order valence-electron chi connectivity index (χ1n) is 6.45. The van der Waals surface area contributed by atoms with Gasteiger partial charge in [0.1, 0.15) is 6.33 Å². The Morgan fingerprint density at radius 3 is 2.60 bits per heavy atom. The number of anilines is 1. The maximum atomic E-state index is 11.7. The number of rotatable bonds is 5. The molecule has 0 fully saturated rings. The Kier molecular flexibility index (Phi) is 4.65. The highest BCUT2D eigenvalue weighted by Gasteiger charge is 2.08. The van der Waals surface area contributed by atoms with Gasteiger partial charge in [-0.2, -0.15) is 0 Å². The molecule has 0 amide bonds. The van der Waals surface area contributed by atoms with Crippen molar-refractivity contribution in [1.29, 1.82) is 0 Å². The van der Waals surface area contributed by atoms with Crippen LogP contribution in [0.1, 0.15) is 29.9 Å². The first-order chi connectivity index (χ1) is 9.65. The van der Waals surface area contributed by atoms with Gasteiger partial charge in [-0.15, -0.1) is 0 Å². The lowest BCUT2D eigenvalue weighted by Crippen LogP contribution is -2.11. The van der Waals surface area contributed by atoms with E-state index in [-0.39, 0.29) is 12.1 Å². The van der Waals surface area contributed by atoms with Crippen molar-refractivity contribution in [2.75, 3.05) is 5.32 Å². The van der Waals surface area contributed by atoms with Crippen LogP contribution >= 0.6 is 0 Å². The van der Waals surface area contributed by atoms with E-state index in [0.717, 1.165) is 11.4 Å². The molecule has 0 saturated heterocycles. The lowest BCUT2D eigenvalue weighted by atomic mass is 10.2. The van der Waals surface area contributed by atoms with E-state index in [1.165, 1.54) is 6.33 Å². The molecule has 5 heteroatoms. The van der Waals surface area contributed by atoms with Crippen molar-refractivity contribution >= 4 is 11.7 Å². The first kappa shape index (κ1) is 14.0. The van der Waals surface area contributed by atoms with Gasteiger partial charge in [-0.1, -0.05) is 0 Å². The number of hydrogen-bond acceptors (Lipinski definition) is 5. The van der Waals surface area contributed by atoms with Gasteiger partial charge in [0.15, 0.2) is 0 Å². The van der Waals surface area contributed by atoms with Crippen molar-refractivity contribution in [2.24, 2.45) is 0 Å². The summed E-state index contributed by atoms with van der Waals surface area (Å²) in [5.74, 6) is -0.303. The molecular weight excluding hydrogens is 254 g/mol. The molecule has 0 unspecified atom stereocenters. The molecule has 2 aromatic rings. The minimum Gasteiger partial charge on any atom is -0.459 e. The van der Waals surface area contributed by atoms with Crippen molar-refractivity contribution in [2.45, 2.75) is 26.5 Å². The van der Waals surface area contributed by atoms with Crippen LogP contribution in [0.3, 0.4) is 0 Å². The molecule has 0 atom stereocenters. The van der Waals surface area contributed by atoms with Crippen LogP contribution in [0, 0.1) is 0 Å². The Morgan fingerprint density at radius 1 is 1.25 bits per heavy atom. The van der Waals surface area contributed by atoms with Gasteiger partial charge in [0.25, 0.3) is 0 Å². The van der Waals surface area contributed by atoms with Crippen LogP contribution in [-0.2, 0) is 11.3 Å². The van der Waals surface area contributed by atoms with E-state index in [9.17, 15) is 4.79 Å². The van der Waals surface area contributed by atoms with Gasteiger partial charge in [0.05, 0.1) is 23.9 Å². The van der Waals surface area contributed by atoms with Gasteiger partial charge in [0, 0.05) is 11.9 Å². The fourth-order valence-corrected chi connectivity index (χ4v) is 1.62. The number of carbonyl (C=O) groups excluding carboxylic acids is 1. The number of ether oxygens (including phenoxy) is 1. The Morgan fingerprint density at radius 2 is 2.00 bits per heavy atom. The Hall–Kier alpha value is -2.43. The average Bonchev–Trinajstić information content (AvgIpc) is 2.46. The minimum atomic E-state index is -0.303. The van der Waals surface area contributed by atoms with Gasteiger partial charge < -0.3 is 10.1 Å². The Bertz CT molecular complexity index is 553. The van der Waals surface area contributed by atoms with E-state index in [0.29, 0.717) is 12.1 Å². The van der Waals surface area contributed by atoms with Crippen LogP contribution in [0.5, 0.6) is 0 Å². The standard InChI is InChI=1S/C15H17N3O2/c1-11(2)20-15(19)12-3-5-13(6-4-12)17-9-14-7-8-16-10-18-14/h3-8,10-11,17H,9H2,1-2H3. The number of nitrogens with one attached hydrogen (secondary N) is 1. The summed E-state index contributed by atoms with van der Waals surface area (Å²) in [6.45, 7) is 4.27. The number of nitrogens with zero attached hydrogens (tertiary/aromatic N) is 2. The van der Waals surface area contributed by atoms with E-state index in [1.807, 2.05) is 32.0 Å². The van der Waals surface area contributed by atoms with E-state index in [1.54, 1.807) is 18.3 Å². The normalized spacial score (nSPS) is 10.3. The minimum absolute atomic E-state index is 0.113. The number of carbonyl (C=O) groups is 1. The largest absolute Gasteiger partial charge is 0.459 e. The summed E-state index contributed by atoms with van der Waals surface area (Å²) in [7, 11) is 0. The maximum Gasteiger partial charge on any atom is 0.338 e. The second-order valence-corrected chi connectivity index (χ2v) is 4.59. The van der Waals surface area contributed by atoms with Gasteiger partial charge in [-0.3, -0.25) is 0 Å². The molecule has 104 valence electrons. The summed E-state index contributed by atoms with van der Waals surface area (Å²) in [5.41, 5.74) is 2.37. The average molecular weight is 271 g/mol. The highest BCUT2D eigenvalue weighted by Crippen LogP contribution is 2.12. The third-order valence-corrected chi connectivity index (χ3v) is 2.58. The van der Waals surface area contributed by atoms with Crippen molar-refractivity contribution in [3.05, 3.63) is 54.1 Å². The zero-order valence-corrected chi connectivity index (χ0v) is 11.5. The van der Waals surface area contributed by atoms with E-state index < -0.39 is 0 Å². The highest BCUT2D eigenvalue weighted by atomic mass is 16.5. The van der Waals surface area contributed by atoms with Crippen LogP contribution in [0.2, 0.25) is 0 Å². The van der Waals surface area contributed by atoms with Gasteiger partial charge in [0.2, 0.25) is 0 Å². The molecule has 0 aliphatic rings. The fourth-order valence-electron chi connectivity index (χ4n) is 1.62. The first-order valence-corrected chi connectivity index (χ1v) is 6.45.